The fourth-order valence-corrected chi connectivity index (χ4v) is 6.89. The van der Waals surface area contributed by atoms with E-state index in [0.717, 1.165) is 66.0 Å². The summed E-state index contributed by atoms with van der Waals surface area (Å²) < 4.78 is 6.80. The maximum Gasteiger partial charge on any atom is 0.164 e. The second kappa shape index (κ2) is 10.9. The lowest BCUT2D eigenvalue weighted by molar-refractivity contribution is 0.670. The van der Waals surface area contributed by atoms with Gasteiger partial charge < -0.3 is 4.42 Å². The number of fused-ring (bicyclic) bond motifs is 6. The molecule has 10 rings (SSSR count). The van der Waals surface area contributed by atoms with Gasteiger partial charge in [0.2, 0.25) is 0 Å². The molecule has 3 heterocycles. The average Bonchev–Trinajstić information content (AvgIpc) is 3.54. The van der Waals surface area contributed by atoms with E-state index in [-0.39, 0.29) is 0 Å². The third-order valence-corrected chi connectivity index (χ3v) is 9.32. The van der Waals surface area contributed by atoms with Gasteiger partial charge in [-0.25, -0.2) is 15.0 Å². The van der Waals surface area contributed by atoms with Crippen molar-refractivity contribution >= 4 is 54.4 Å². The SMILES string of the molecule is c1ccc(-c2nc(-c3ccc4ccccc4c3)nc(-c3ccc(-c4ccc5ccccc5c4)c4oc5cc6cccnc6cc5c34)n2)cc1. The van der Waals surface area contributed by atoms with Crippen LogP contribution in [0.2, 0.25) is 0 Å². The second-order valence-electron chi connectivity index (χ2n) is 12.3. The van der Waals surface area contributed by atoms with Gasteiger partial charge in [0.05, 0.1) is 5.52 Å². The van der Waals surface area contributed by atoms with Crippen LogP contribution >= 0.6 is 0 Å². The molecule has 0 N–H and O–H groups in total. The van der Waals surface area contributed by atoms with Gasteiger partial charge >= 0.3 is 0 Å². The van der Waals surface area contributed by atoms with Crippen LogP contribution in [-0.2, 0) is 0 Å². The van der Waals surface area contributed by atoms with E-state index in [2.05, 4.69) is 120 Å². The van der Waals surface area contributed by atoms with Crippen LogP contribution in [0.15, 0.2) is 162 Å². The van der Waals surface area contributed by atoms with Gasteiger partial charge in [0.1, 0.15) is 11.2 Å². The van der Waals surface area contributed by atoms with Crippen LogP contribution in [0.4, 0.5) is 0 Å². The predicted molar refractivity (Wildman–Crippen MR) is 199 cm³/mol. The van der Waals surface area contributed by atoms with E-state index in [1.165, 1.54) is 16.2 Å². The Balaban J connectivity index is 1.27. The first-order valence-corrected chi connectivity index (χ1v) is 16.3. The summed E-state index contributed by atoms with van der Waals surface area (Å²) in [6.07, 6.45) is 1.83. The predicted octanol–water partition coefficient (Wildman–Crippen LogP) is 11.3. The maximum atomic E-state index is 6.80. The molecule has 0 unspecified atom stereocenters. The molecule has 0 radical (unpaired) electrons. The van der Waals surface area contributed by atoms with Crippen molar-refractivity contribution in [2.75, 3.05) is 0 Å². The molecule has 5 nitrogen and oxygen atoms in total. The van der Waals surface area contributed by atoms with E-state index < -0.39 is 0 Å². The number of aromatic nitrogens is 4. The van der Waals surface area contributed by atoms with Crippen LogP contribution in [-0.4, -0.2) is 19.9 Å². The molecule has 7 aromatic carbocycles. The lowest BCUT2D eigenvalue weighted by Crippen LogP contribution is -2.00. The van der Waals surface area contributed by atoms with Crippen LogP contribution < -0.4 is 0 Å². The molecular formula is C44H26N4O. The normalized spacial score (nSPS) is 11.7. The summed E-state index contributed by atoms with van der Waals surface area (Å²) in [5.74, 6) is 1.80. The molecule has 0 atom stereocenters. The average molecular weight is 627 g/mol. The topological polar surface area (TPSA) is 64.7 Å². The highest BCUT2D eigenvalue weighted by Crippen LogP contribution is 2.43. The van der Waals surface area contributed by atoms with Gasteiger partial charge in [-0.15, -0.1) is 0 Å². The van der Waals surface area contributed by atoms with Crippen molar-refractivity contribution in [3.05, 3.63) is 158 Å². The molecule has 5 heteroatoms. The Bertz CT molecular complexity index is 2890. The van der Waals surface area contributed by atoms with Crippen molar-refractivity contribution in [2.45, 2.75) is 0 Å². The van der Waals surface area contributed by atoms with Gasteiger partial charge in [-0.05, 0) is 69.6 Å². The maximum absolute atomic E-state index is 6.80. The van der Waals surface area contributed by atoms with Crippen LogP contribution in [0.3, 0.4) is 0 Å². The minimum Gasteiger partial charge on any atom is -0.455 e. The molecule has 0 aliphatic rings. The molecule has 3 aromatic heterocycles. The first kappa shape index (κ1) is 27.4. The lowest BCUT2D eigenvalue weighted by Gasteiger charge is -2.11. The van der Waals surface area contributed by atoms with Gasteiger partial charge in [-0.3, -0.25) is 4.98 Å². The number of rotatable bonds is 4. The Hall–Kier alpha value is -6.72. The van der Waals surface area contributed by atoms with Crippen LogP contribution in [0.5, 0.6) is 0 Å². The largest absolute Gasteiger partial charge is 0.455 e. The molecule has 228 valence electrons. The van der Waals surface area contributed by atoms with Gasteiger partial charge in [-0.2, -0.15) is 0 Å². The zero-order chi connectivity index (χ0) is 32.3. The Labute approximate surface area is 281 Å². The fourth-order valence-electron chi connectivity index (χ4n) is 6.89. The Morgan fingerprint density at radius 3 is 1.80 bits per heavy atom. The zero-order valence-electron chi connectivity index (χ0n) is 26.2. The third kappa shape index (κ3) is 4.63. The summed E-state index contributed by atoms with van der Waals surface area (Å²) in [4.78, 5) is 20.0. The quantitative estimate of drug-likeness (QED) is 0.194. The number of nitrogens with zero attached hydrogens (tertiary/aromatic N) is 4. The van der Waals surface area contributed by atoms with Crippen molar-refractivity contribution in [3.8, 4) is 45.3 Å². The smallest absolute Gasteiger partial charge is 0.164 e. The summed E-state index contributed by atoms with van der Waals surface area (Å²) in [5, 5.41) is 7.60. The zero-order valence-corrected chi connectivity index (χ0v) is 26.2. The first-order valence-electron chi connectivity index (χ1n) is 16.3. The number of hydrogen-bond acceptors (Lipinski definition) is 5. The molecule has 0 saturated heterocycles. The van der Waals surface area contributed by atoms with Crippen molar-refractivity contribution < 1.29 is 4.42 Å². The molecule has 0 aliphatic heterocycles. The van der Waals surface area contributed by atoms with Crippen LogP contribution in [0.25, 0.3) is 99.7 Å². The minimum atomic E-state index is 0.580. The van der Waals surface area contributed by atoms with E-state index in [0.29, 0.717) is 17.5 Å². The van der Waals surface area contributed by atoms with Crippen LogP contribution in [0.1, 0.15) is 0 Å². The molecule has 0 spiro atoms. The van der Waals surface area contributed by atoms with Crippen molar-refractivity contribution in [3.63, 3.8) is 0 Å². The minimum absolute atomic E-state index is 0.580. The highest BCUT2D eigenvalue weighted by molar-refractivity contribution is 6.18. The standard InChI is InChI=1S/C44H26N4O/c1-2-11-29(12-3-1)42-46-43(34-19-17-28-10-5-7-14-31(28)24-34)48-44(47-42)36-21-20-35(32-18-16-27-9-4-6-13-30(27)23-32)41-40(36)37-26-38-33(15-8-22-45-38)25-39(37)49-41/h1-26H. The molecular weight excluding hydrogens is 601 g/mol. The van der Waals surface area contributed by atoms with Crippen LogP contribution in [0, 0.1) is 0 Å². The highest BCUT2D eigenvalue weighted by Gasteiger charge is 2.21. The second-order valence-corrected chi connectivity index (χ2v) is 12.3. The van der Waals surface area contributed by atoms with Gasteiger partial charge in [-0.1, -0.05) is 109 Å². The highest BCUT2D eigenvalue weighted by atomic mass is 16.3. The molecule has 0 saturated carbocycles. The molecule has 0 fully saturated rings. The number of pyridine rings is 1. The van der Waals surface area contributed by atoms with Gasteiger partial charge in [0.25, 0.3) is 0 Å². The Kier molecular flexibility index (Phi) is 6.11. The first-order chi connectivity index (χ1) is 24.2. The monoisotopic (exact) mass is 626 g/mol. The third-order valence-electron chi connectivity index (χ3n) is 9.32. The van der Waals surface area contributed by atoms with E-state index in [1.54, 1.807) is 0 Å². The lowest BCUT2D eigenvalue weighted by atomic mass is 9.96. The van der Waals surface area contributed by atoms with Gasteiger partial charge in [0, 0.05) is 44.6 Å². The van der Waals surface area contributed by atoms with Crippen molar-refractivity contribution in [1.82, 2.24) is 19.9 Å². The summed E-state index contributed by atoms with van der Waals surface area (Å²) in [5.41, 5.74) is 7.27. The van der Waals surface area contributed by atoms with E-state index in [9.17, 15) is 0 Å². The summed E-state index contributed by atoms with van der Waals surface area (Å²) >= 11 is 0. The van der Waals surface area contributed by atoms with E-state index in [1.807, 2.05) is 42.6 Å². The molecule has 49 heavy (non-hydrogen) atoms. The van der Waals surface area contributed by atoms with E-state index >= 15 is 0 Å². The number of furan rings is 1. The summed E-state index contributed by atoms with van der Waals surface area (Å²) in [7, 11) is 0. The molecule has 0 aliphatic carbocycles. The Morgan fingerprint density at radius 2 is 1.02 bits per heavy atom. The van der Waals surface area contributed by atoms with E-state index in [4.69, 9.17) is 19.4 Å². The van der Waals surface area contributed by atoms with Crippen molar-refractivity contribution in [2.24, 2.45) is 0 Å². The molecule has 10 aromatic rings. The number of benzene rings is 7. The van der Waals surface area contributed by atoms with Gasteiger partial charge in [0.15, 0.2) is 17.5 Å². The summed E-state index contributed by atoms with van der Waals surface area (Å²) in [6.45, 7) is 0. The fraction of sp³-hybridized carbons (Fsp3) is 0. The molecule has 0 bridgehead atoms. The Morgan fingerprint density at radius 1 is 0.408 bits per heavy atom. The van der Waals surface area contributed by atoms with Crippen molar-refractivity contribution in [1.29, 1.82) is 0 Å². The summed E-state index contributed by atoms with van der Waals surface area (Å²) in [6, 6.07) is 52.2. The number of hydrogen-bond donors (Lipinski definition) is 0. The molecule has 0 amide bonds.